The van der Waals surface area contributed by atoms with Crippen molar-refractivity contribution in [3.63, 3.8) is 0 Å². The number of anilines is 2. The standard InChI is InChI=1S/C18H19ClFIN2O3/c1-10(2)17(24)9-26-23-18(25)13-5-3-11(20)7-16(13)22-15-6-4-12(21)8-14(15)19/h3-8,10,17,22,24H,9H2,1-2H3,(H,23,25). The van der Waals surface area contributed by atoms with E-state index in [1.807, 2.05) is 19.9 Å². The third-order valence-electron chi connectivity index (χ3n) is 3.62. The topological polar surface area (TPSA) is 70.6 Å². The van der Waals surface area contributed by atoms with Crippen molar-refractivity contribution in [2.45, 2.75) is 20.0 Å². The Kier molecular flexibility index (Phi) is 7.63. The Balaban J connectivity index is 2.15. The summed E-state index contributed by atoms with van der Waals surface area (Å²) in [5.41, 5.74) is 3.23. The second-order valence-corrected chi connectivity index (χ2v) is 7.65. The highest BCUT2D eigenvalue weighted by molar-refractivity contribution is 14.1. The van der Waals surface area contributed by atoms with Crippen molar-refractivity contribution >= 4 is 51.5 Å². The lowest BCUT2D eigenvalue weighted by Gasteiger charge is -2.16. The normalized spacial score (nSPS) is 12.1. The highest BCUT2D eigenvalue weighted by Gasteiger charge is 2.15. The Bertz CT molecular complexity index is 789. The number of rotatable bonds is 7. The third-order valence-corrected chi connectivity index (χ3v) is 4.60. The van der Waals surface area contributed by atoms with Crippen molar-refractivity contribution in [2.24, 2.45) is 5.92 Å². The van der Waals surface area contributed by atoms with Gasteiger partial charge in [0, 0.05) is 3.57 Å². The summed E-state index contributed by atoms with van der Waals surface area (Å²) in [6.45, 7) is 3.63. The van der Waals surface area contributed by atoms with Crippen LogP contribution >= 0.6 is 34.2 Å². The van der Waals surface area contributed by atoms with Crippen LogP contribution in [0.1, 0.15) is 24.2 Å². The van der Waals surface area contributed by atoms with E-state index >= 15 is 0 Å². The van der Waals surface area contributed by atoms with E-state index in [0.717, 1.165) is 3.57 Å². The fraction of sp³-hybridized carbons (Fsp3) is 0.278. The molecule has 1 unspecified atom stereocenters. The summed E-state index contributed by atoms with van der Waals surface area (Å²) in [6.07, 6.45) is -0.702. The number of hydrogen-bond acceptors (Lipinski definition) is 4. The molecule has 5 nitrogen and oxygen atoms in total. The van der Waals surface area contributed by atoms with Gasteiger partial charge < -0.3 is 10.4 Å². The lowest BCUT2D eigenvalue weighted by Crippen LogP contribution is -2.30. The molecule has 1 amide bonds. The molecule has 0 spiro atoms. The van der Waals surface area contributed by atoms with Crippen molar-refractivity contribution in [3.05, 3.63) is 56.4 Å². The maximum atomic E-state index is 13.7. The molecule has 0 saturated heterocycles. The third kappa shape index (κ3) is 5.80. The van der Waals surface area contributed by atoms with Gasteiger partial charge in [0.2, 0.25) is 0 Å². The van der Waals surface area contributed by atoms with Gasteiger partial charge in [0.05, 0.1) is 28.1 Å². The zero-order chi connectivity index (χ0) is 19.3. The van der Waals surface area contributed by atoms with Crippen molar-refractivity contribution in [1.82, 2.24) is 5.48 Å². The first kappa shape index (κ1) is 20.9. The molecule has 0 bridgehead atoms. The fourth-order valence-corrected chi connectivity index (χ4v) is 2.90. The quantitative estimate of drug-likeness (QED) is 0.393. The van der Waals surface area contributed by atoms with Gasteiger partial charge in [-0.15, -0.1) is 0 Å². The monoisotopic (exact) mass is 492 g/mol. The number of hydrogen-bond donors (Lipinski definition) is 3. The van der Waals surface area contributed by atoms with Crippen LogP contribution in [-0.4, -0.2) is 23.7 Å². The van der Waals surface area contributed by atoms with E-state index in [4.69, 9.17) is 16.4 Å². The van der Waals surface area contributed by atoms with Gasteiger partial charge in [-0.25, -0.2) is 9.87 Å². The summed E-state index contributed by atoms with van der Waals surface area (Å²) in [7, 11) is 0. The van der Waals surface area contributed by atoms with Gasteiger partial charge in [-0.3, -0.25) is 9.63 Å². The average molecular weight is 493 g/mol. The minimum absolute atomic E-state index is 0.00188. The van der Waals surface area contributed by atoms with E-state index in [2.05, 4.69) is 33.4 Å². The molecule has 0 aromatic heterocycles. The number of aliphatic hydroxyl groups is 1. The molecule has 140 valence electrons. The van der Waals surface area contributed by atoms with Crippen LogP contribution in [0.5, 0.6) is 0 Å². The van der Waals surface area contributed by atoms with E-state index in [-0.39, 0.29) is 23.8 Å². The van der Waals surface area contributed by atoms with Crippen LogP contribution in [0.4, 0.5) is 15.8 Å². The first-order chi connectivity index (χ1) is 12.3. The van der Waals surface area contributed by atoms with Gasteiger partial charge in [-0.1, -0.05) is 25.4 Å². The van der Waals surface area contributed by atoms with Gasteiger partial charge in [0.1, 0.15) is 12.4 Å². The van der Waals surface area contributed by atoms with Gasteiger partial charge >= 0.3 is 0 Å². The van der Waals surface area contributed by atoms with Crippen molar-refractivity contribution in [1.29, 1.82) is 0 Å². The number of halogens is 3. The highest BCUT2D eigenvalue weighted by atomic mass is 127. The van der Waals surface area contributed by atoms with E-state index in [9.17, 15) is 14.3 Å². The fourth-order valence-electron chi connectivity index (χ4n) is 1.99. The minimum Gasteiger partial charge on any atom is -0.390 e. The van der Waals surface area contributed by atoms with Gasteiger partial charge in [0.15, 0.2) is 0 Å². The Labute approximate surface area is 170 Å². The number of aliphatic hydroxyl groups excluding tert-OH is 1. The summed E-state index contributed by atoms with van der Waals surface area (Å²) in [6, 6.07) is 9.05. The van der Waals surface area contributed by atoms with E-state index in [1.165, 1.54) is 18.2 Å². The number of benzene rings is 2. The summed E-state index contributed by atoms with van der Waals surface area (Å²) >= 11 is 8.31. The summed E-state index contributed by atoms with van der Waals surface area (Å²) < 4.78 is 14.6. The number of carbonyl (C=O) groups is 1. The number of hydroxylamine groups is 1. The molecule has 3 N–H and O–H groups in total. The summed E-state index contributed by atoms with van der Waals surface area (Å²) in [5.74, 6) is -1.06. The lowest BCUT2D eigenvalue weighted by atomic mass is 10.1. The van der Waals surface area contributed by atoms with Gasteiger partial charge in [-0.05, 0) is 64.9 Å². The Morgan fingerprint density at radius 1 is 1.27 bits per heavy atom. The van der Waals surface area contributed by atoms with Crippen molar-refractivity contribution in [3.8, 4) is 0 Å². The molecule has 2 aromatic rings. The Morgan fingerprint density at radius 3 is 2.65 bits per heavy atom. The smallest absolute Gasteiger partial charge is 0.276 e. The molecule has 0 saturated carbocycles. The predicted molar refractivity (Wildman–Crippen MR) is 108 cm³/mol. The Morgan fingerprint density at radius 2 is 2.00 bits per heavy atom. The van der Waals surface area contributed by atoms with E-state index < -0.39 is 17.8 Å². The second-order valence-electron chi connectivity index (χ2n) is 5.99. The number of amides is 1. The van der Waals surface area contributed by atoms with Gasteiger partial charge in [-0.2, -0.15) is 0 Å². The van der Waals surface area contributed by atoms with Crippen LogP contribution in [0.3, 0.4) is 0 Å². The molecule has 8 heteroatoms. The van der Waals surface area contributed by atoms with Crippen LogP contribution in [0.2, 0.25) is 5.02 Å². The van der Waals surface area contributed by atoms with E-state index in [1.54, 1.807) is 12.1 Å². The molecular weight excluding hydrogens is 474 g/mol. The zero-order valence-electron chi connectivity index (χ0n) is 14.2. The first-order valence-corrected chi connectivity index (χ1v) is 9.35. The van der Waals surface area contributed by atoms with Gasteiger partial charge in [0.25, 0.3) is 5.91 Å². The van der Waals surface area contributed by atoms with Crippen LogP contribution in [0.15, 0.2) is 36.4 Å². The first-order valence-electron chi connectivity index (χ1n) is 7.89. The summed E-state index contributed by atoms with van der Waals surface area (Å²) in [5, 5.41) is 13.1. The highest BCUT2D eigenvalue weighted by Crippen LogP contribution is 2.29. The van der Waals surface area contributed by atoms with Crippen LogP contribution in [0, 0.1) is 15.3 Å². The average Bonchev–Trinajstić information content (AvgIpc) is 2.57. The van der Waals surface area contributed by atoms with E-state index in [0.29, 0.717) is 10.7 Å². The molecule has 1 atom stereocenters. The van der Waals surface area contributed by atoms with Crippen LogP contribution in [-0.2, 0) is 4.84 Å². The molecule has 26 heavy (non-hydrogen) atoms. The largest absolute Gasteiger partial charge is 0.390 e. The lowest BCUT2D eigenvalue weighted by molar-refractivity contribution is -0.0267. The molecule has 0 radical (unpaired) electrons. The molecular formula is C18H19ClFIN2O3. The minimum atomic E-state index is -0.702. The van der Waals surface area contributed by atoms with Crippen LogP contribution in [0.25, 0.3) is 0 Å². The molecule has 0 aliphatic rings. The molecule has 0 heterocycles. The SMILES string of the molecule is CC(C)C(O)CONC(=O)c1ccc(F)cc1Nc1ccc(I)cc1Cl. The van der Waals surface area contributed by atoms with Crippen molar-refractivity contribution < 1.29 is 19.1 Å². The molecule has 2 rings (SSSR count). The maximum absolute atomic E-state index is 13.7. The maximum Gasteiger partial charge on any atom is 0.276 e. The second kappa shape index (κ2) is 9.50. The Hall–Kier alpha value is -1.42. The zero-order valence-corrected chi connectivity index (χ0v) is 17.1. The molecule has 0 aliphatic heterocycles. The van der Waals surface area contributed by atoms with Crippen molar-refractivity contribution in [2.75, 3.05) is 11.9 Å². The molecule has 0 aliphatic carbocycles. The molecule has 2 aromatic carbocycles. The predicted octanol–water partition coefficient (Wildman–Crippen LogP) is 4.51. The summed E-state index contributed by atoms with van der Waals surface area (Å²) in [4.78, 5) is 17.4. The number of carbonyl (C=O) groups excluding carboxylic acids is 1. The number of nitrogens with one attached hydrogen (secondary N) is 2. The van der Waals surface area contributed by atoms with Crippen LogP contribution < -0.4 is 10.8 Å². The molecule has 0 fully saturated rings.